The number of hydrogen-bond donors (Lipinski definition) is 1. The second kappa shape index (κ2) is 8.97. The van der Waals surface area contributed by atoms with Crippen molar-refractivity contribution in [1.82, 2.24) is 4.90 Å². The molecule has 1 amide bonds. The highest BCUT2D eigenvalue weighted by molar-refractivity contribution is 6.43. The third-order valence-corrected chi connectivity index (χ3v) is 6.01. The molecule has 0 unspecified atom stereocenters. The van der Waals surface area contributed by atoms with Crippen molar-refractivity contribution in [3.63, 3.8) is 0 Å². The summed E-state index contributed by atoms with van der Waals surface area (Å²) in [6, 6.07) is 5.57. The van der Waals surface area contributed by atoms with Crippen LogP contribution in [0.5, 0.6) is 0 Å². The molecule has 2 fully saturated rings. The average molecular weight is 423 g/mol. The summed E-state index contributed by atoms with van der Waals surface area (Å²) in [6.07, 6.45) is 2.42. The molecule has 1 saturated carbocycles. The van der Waals surface area contributed by atoms with Crippen LogP contribution in [0.3, 0.4) is 0 Å². The number of piperazine rings is 1. The van der Waals surface area contributed by atoms with Crippen LogP contribution in [-0.4, -0.2) is 55.0 Å². The highest BCUT2D eigenvalue weighted by Gasteiger charge is 2.24. The highest BCUT2D eigenvalue weighted by atomic mass is 35.5. The van der Waals surface area contributed by atoms with Gasteiger partial charge in [0.25, 0.3) is 0 Å². The Morgan fingerprint density at radius 1 is 1.14 bits per heavy atom. The summed E-state index contributed by atoms with van der Waals surface area (Å²) in [5, 5.41) is 1.07. The molecule has 150 valence electrons. The van der Waals surface area contributed by atoms with Crippen LogP contribution < -0.4 is 10.6 Å². The van der Waals surface area contributed by atoms with E-state index in [-0.39, 0.29) is 23.9 Å². The molecule has 6 nitrogen and oxygen atoms in total. The molecule has 0 radical (unpaired) electrons. The number of allylic oxidation sites excluding steroid dienone is 2. The van der Waals surface area contributed by atoms with Crippen molar-refractivity contribution >= 4 is 46.3 Å². The lowest BCUT2D eigenvalue weighted by molar-refractivity contribution is -0.129. The van der Waals surface area contributed by atoms with Crippen molar-refractivity contribution in [1.29, 1.82) is 0 Å². The van der Waals surface area contributed by atoms with Gasteiger partial charge in [-0.15, -0.1) is 0 Å². The minimum Gasteiger partial charge on any atom is -0.396 e. The number of anilines is 1. The third kappa shape index (κ3) is 4.50. The van der Waals surface area contributed by atoms with E-state index < -0.39 is 0 Å². The van der Waals surface area contributed by atoms with Crippen LogP contribution >= 0.6 is 23.2 Å². The topological polar surface area (TPSA) is 79.0 Å². The van der Waals surface area contributed by atoms with Gasteiger partial charge in [-0.3, -0.25) is 14.6 Å². The minimum absolute atomic E-state index is 0.0167. The van der Waals surface area contributed by atoms with Crippen molar-refractivity contribution in [2.45, 2.75) is 26.2 Å². The number of carbonyl (C=O) groups excluding carboxylic acids is 2. The molecule has 8 heteroatoms. The van der Waals surface area contributed by atoms with Crippen LogP contribution in [0, 0.1) is 0 Å². The molecule has 2 N–H and O–H groups in total. The van der Waals surface area contributed by atoms with Crippen molar-refractivity contribution in [2.24, 2.45) is 10.7 Å². The van der Waals surface area contributed by atoms with E-state index in [0.29, 0.717) is 36.2 Å². The zero-order valence-electron chi connectivity index (χ0n) is 15.9. The first-order valence-corrected chi connectivity index (χ1v) is 10.1. The average Bonchev–Trinajstić information content (AvgIpc) is 3.16. The molecule has 0 aromatic heterocycles. The number of halogens is 2. The van der Waals surface area contributed by atoms with Crippen LogP contribution in [0.15, 0.2) is 34.5 Å². The smallest absolute Gasteiger partial charge is 0.244 e. The van der Waals surface area contributed by atoms with E-state index in [9.17, 15) is 9.59 Å². The van der Waals surface area contributed by atoms with E-state index in [1.165, 1.54) is 6.92 Å². The zero-order chi connectivity index (χ0) is 20.3. The molecule has 3 rings (SSSR count). The van der Waals surface area contributed by atoms with Crippen LogP contribution in [0.2, 0.25) is 10.0 Å². The lowest BCUT2D eigenvalue weighted by Gasteiger charge is -2.36. The maximum atomic E-state index is 12.6. The molecule has 1 aromatic carbocycles. The van der Waals surface area contributed by atoms with Gasteiger partial charge in [0.2, 0.25) is 5.91 Å². The Bertz CT molecular complexity index is 843. The molecule has 2 aliphatic rings. The summed E-state index contributed by atoms with van der Waals surface area (Å²) in [7, 11) is 0. The molecule has 1 aliphatic carbocycles. The number of Topliss-reactive ketones (excluding diaryl/α,β-unsaturated/α-hetero) is 1. The highest BCUT2D eigenvalue weighted by Crippen LogP contribution is 2.32. The van der Waals surface area contributed by atoms with Gasteiger partial charge in [0.1, 0.15) is 6.54 Å². The molecular formula is C20H24Cl2N4O2. The SMILES string of the molecule is CC(=O)C(N)=C1CCCC1=NCC(=O)N1CCN(c2cccc(Cl)c2Cl)CC1. The van der Waals surface area contributed by atoms with Gasteiger partial charge >= 0.3 is 0 Å². The standard InChI is InChI=1S/C20H24Cl2N4O2/c1-13(27)20(23)14-4-2-6-16(14)24-12-18(28)26-10-8-25(9-11-26)17-7-3-5-15(21)19(17)22/h3,5,7H,2,4,6,8-12,23H2,1H3. The van der Waals surface area contributed by atoms with Crippen molar-refractivity contribution < 1.29 is 9.59 Å². The number of rotatable bonds is 4. The molecule has 28 heavy (non-hydrogen) atoms. The summed E-state index contributed by atoms with van der Waals surface area (Å²) in [5.41, 5.74) is 8.65. The maximum absolute atomic E-state index is 12.6. The second-order valence-corrected chi connectivity index (χ2v) is 7.79. The van der Waals surface area contributed by atoms with Gasteiger partial charge in [-0.05, 0) is 37.0 Å². The Hall–Kier alpha value is -2.05. The van der Waals surface area contributed by atoms with Crippen LogP contribution in [-0.2, 0) is 9.59 Å². The fourth-order valence-corrected chi connectivity index (χ4v) is 4.02. The fourth-order valence-electron chi connectivity index (χ4n) is 3.60. The first-order chi connectivity index (χ1) is 13.4. The first kappa shape index (κ1) is 20.7. The van der Waals surface area contributed by atoms with Crippen LogP contribution in [0.25, 0.3) is 0 Å². The molecule has 1 saturated heterocycles. The van der Waals surface area contributed by atoms with Gasteiger partial charge in [0.05, 0.1) is 21.4 Å². The van der Waals surface area contributed by atoms with Gasteiger partial charge < -0.3 is 15.5 Å². The van der Waals surface area contributed by atoms with Crippen LogP contribution in [0.4, 0.5) is 5.69 Å². The second-order valence-electron chi connectivity index (χ2n) is 7.01. The van der Waals surface area contributed by atoms with Crippen molar-refractivity contribution in [2.75, 3.05) is 37.6 Å². The Morgan fingerprint density at radius 3 is 2.54 bits per heavy atom. The Balaban J connectivity index is 1.59. The monoisotopic (exact) mass is 422 g/mol. The maximum Gasteiger partial charge on any atom is 0.244 e. The normalized spacial score (nSPS) is 20.6. The zero-order valence-corrected chi connectivity index (χ0v) is 17.4. The number of benzene rings is 1. The number of nitrogens with two attached hydrogens (primary N) is 1. The number of amides is 1. The van der Waals surface area contributed by atoms with E-state index in [0.717, 1.165) is 36.2 Å². The van der Waals surface area contributed by atoms with Crippen molar-refractivity contribution in [3.8, 4) is 0 Å². The number of hydrogen-bond acceptors (Lipinski definition) is 5. The van der Waals surface area contributed by atoms with Gasteiger partial charge in [0, 0.05) is 38.8 Å². The Morgan fingerprint density at radius 2 is 1.86 bits per heavy atom. The van der Waals surface area contributed by atoms with Crippen molar-refractivity contribution in [3.05, 3.63) is 39.5 Å². The number of ketones is 1. The lowest BCUT2D eigenvalue weighted by atomic mass is 10.1. The van der Waals surface area contributed by atoms with Gasteiger partial charge in [0.15, 0.2) is 5.78 Å². The van der Waals surface area contributed by atoms with E-state index >= 15 is 0 Å². The van der Waals surface area contributed by atoms with E-state index in [2.05, 4.69) is 9.89 Å². The van der Waals surface area contributed by atoms with Crippen LogP contribution in [0.1, 0.15) is 26.2 Å². The van der Waals surface area contributed by atoms with E-state index in [1.54, 1.807) is 6.07 Å². The quantitative estimate of drug-likeness (QED) is 0.755. The first-order valence-electron chi connectivity index (χ1n) is 9.38. The molecule has 1 heterocycles. The molecule has 0 bridgehead atoms. The van der Waals surface area contributed by atoms with E-state index in [4.69, 9.17) is 28.9 Å². The van der Waals surface area contributed by atoms with Gasteiger partial charge in [-0.2, -0.15) is 0 Å². The number of nitrogens with zero attached hydrogens (tertiary/aromatic N) is 3. The largest absolute Gasteiger partial charge is 0.396 e. The summed E-state index contributed by atoms with van der Waals surface area (Å²) < 4.78 is 0. The molecule has 1 aliphatic heterocycles. The lowest BCUT2D eigenvalue weighted by Crippen LogP contribution is -2.49. The molecule has 0 atom stereocenters. The summed E-state index contributed by atoms with van der Waals surface area (Å²) in [4.78, 5) is 32.5. The van der Waals surface area contributed by atoms with E-state index in [1.807, 2.05) is 17.0 Å². The number of aliphatic imine (C=N–C) groups is 1. The summed E-state index contributed by atoms with van der Waals surface area (Å²) >= 11 is 12.4. The summed E-state index contributed by atoms with van der Waals surface area (Å²) in [5.74, 6) is -0.163. The predicted octanol–water partition coefficient (Wildman–Crippen LogP) is 3.07. The minimum atomic E-state index is -0.147. The molecule has 0 spiro atoms. The van der Waals surface area contributed by atoms with Gasteiger partial charge in [-0.1, -0.05) is 29.3 Å². The Labute approximate surface area is 175 Å². The third-order valence-electron chi connectivity index (χ3n) is 5.20. The Kier molecular flexibility index (Phi) is 6.62. The predicted molar refractivity (Wildman–Crippen MR) is 113 cm³/mol. The van der Waals surface area contributed by atoms with Gasteiger partial charge in [-0.25, -0.2) is 0 Å². The molecule has 1 aromatic rings. The molecular weight excluding hydrogens is 399 g/mol. The summed E-state index contributed by atoms with van der Waals surface area (Å²) in [6.45, 7) is 4.11. The number of carbonyl (C=O) groups is 2. The fraction of sp³-hybridized carbons (Fsp3) is 0.450.